The molecule has 0 saturated carbocycles. The number of carbonyl (C=O) groups excluding carboxylic acids is 1. The number of ether oxygens (including phenoxy) is 1. The zero-order valence-electron chi connectivity index (χ0n) is 10.6. The SMILES string of the molecule is COC(=O)c1ccccc1.c1ccc2occc2c1. The van der Waals surface area contributed by atoms with Crippen LogP contribution < -0.4 is 0 Å². The van der Waals surface area contributed by atoms with Gasteiger partial charge < -0.3 is 9.15 Å². The second kappa shape index (κ2) is 6.40. The molecule has 0 N–H and O–H groups in total. The van der Waals surface area contributed by atoms with E-state index in [1.165, 1.54) is 7.11 Å². The van der Waals surface area contributed by atoms with E-state index in [1.54, 1.807) is 30.5 Å². The summed E-state index contributed by atoms with van der Waals surface area (Å²) in [7, 11) is 1.37. The fourth-order valence-corrected chi connectivity index (χ4v) is 1.60. The number of carbonyl (C=O) groups is 1. The van der Waals surface area contributed by atoms with Gasteiger partial charge in [-0.3, -0.25) is 0 Å². The first kappa shape index (κ1) is 12.9. The molecule has 19 heavy (non-hydrogen) atoms. The first-order valence-corrected chi connectivity index (χ1v) is 5.87. The Balaban J connectivity index is 0.000000141. The van der Waals surface area contributed by atoms with Crippen molar-refractivity contribution in [3.8, 4) is 0 Å². The molecule has 0 bridgehead atoms. The summed E-state index contributed by atoms with van der Waals surface area (Å²) in [6, 6.07) is 18.8. The minimum Gasteiger partial charge on any atom is -0.465 e. The topological polar surface area (TPSA) is 39.4 Å². The number of benzene rings is 2. The van der Waals surface area contributed by atoms with E-state index in [-0.39, 0.29) is 5.97 Å². The first-order chi connectivity index (χ1) is 9.31. The Morgan fingerprint density at radius 1 is 0.947 bits per heavy atom. The summed E-state index contributed by atoms with van der Waals surface area (Å²) < 4.78 is 9.62. The summed E-state index contributed by atoms with van der Waals surface area (Å²) in [5.41, 5.74) is 1.54. The lowest BCUT2D eigenvalue weighted by Gasteiger charge is -1.95. The molecule has 0 aliphatic carbocycles. The van der Waals surface area contributed by atoms with Crippen LogP contribution in [0.1, 0.15) is 10.4 Å². The largest absolute Gasteiger partial charge is 0.465 e. The van der Waals surface area contributed by atoms with Gasteiger partial charge in [-0.25, -0.2) is 4.79 Å². The summed E-state index contributed by atoms with van der Waals surface area (Å²) >= 11 is 0. The molecule has 0 spiro atoms. The van der Waals surface area contributed by atoms with E-state index >= 15 is 0 Å². The molecule has 2 aromatic carbocycles. The maximum atomic E-state index is 10.8. The summed E-state index contributed by atoms with van der Waals surface area (Å²) in [5, 5.41) is 1.16. The van der Waals surface area contributed by atoms with Crippen LogP contribution in [0.5, 0.6) is 0 Å². The second-order valence-electron chi connectivity index (χ2n) is 3.82. The molecule has 0 saturated heterocycles. The molecule has 0 aliphatic heterocycles. The van der Waals surface area contributed by atoms with Gasteiger partial charge in [0.05, 0.1) is 18.9 Å². The van der Waals surface area contributed by atoms with Crippen molar-refractivity contribution in [2.24, 2.45) is 0 Å². The molecule has 0 amide bonds. The van der Waals surface area contributed by atoms with Crippen LogP contribution in [0.4, 0.5) is 0 Å². The van der Waals surface area contributed by atoms with Crippen LogP contribution in [0.3, 0.4) is 0 Å². The lowest BCUT2D eigenvalue weighted by molar-refractivity contribution is 0.0600. The van der Waals surface area contributed by atoms with E-state index in [9.17, 15) is 4.79 Å². The van der Waals surface area contributed by atoms with Gasteiger partial charge in [-0.05, 0) is 24.3 Å². The van der Waals surface area contributed by atoms with Crippen LogP contribution >= 0.6 is 0 Å². The van der Waals surface area contributed by atoms with Crippen LogP contribution in [0, 0.1) is 0 Å². The highest BCUT2D eigenvalue weighted by Crippen LogP contribution is 2.12. The Labute approximate surface area is 111 Å². The number of para-hydroxylation sites is 1. The van der Waals surface area contributed by atoms with Crippen LogP contribution in [-0.2, 0) is 4.74 Å². The van der Waals surface area contributed by atoms with Gasteiger partial charge in [-0.15, -0.1) is 0 Å². The van der Waals surface area contributed by atoms with Crippen molar-refractivity contribution in [2.45, 2.75) is 0 Å². The van der Waals surface area contributed by atoms with Gasteiger partial charge in [0.15, 0.2) is 0 Å². The fourth-order valence-electron chi connectivity index (χ4n) is 1.60. The van der Waals surface area contributed by atoms with E-state index in [0.717, 1.165) is 11.0 Å². The fraction of sp³-hybridized carbons (Fsp3) is 0.0625. The van der Waals surface area contributed by atoms with Gasteiger partial charge >= 0.3 is 5.97 Å². The minimum atomic E-state index is -0.291. The number of furan rings is 1. The summed E-state index contributed by atoms with van der Waals surface area (Å²) in [6.07, 6.45) is 1.70. The van der Waals surface area contributed by atoms with Crippen molar-refractivity contribution in [3.05, 3.63) is 72.5 Å². The zero-order chi connectivity index (χ0) is 13.5. The van der Waals surface area contributed by atoms with Gasteiger partial charge in [0, 0.05) is 5.39 Å². The zero-order valence-corrected chi connectivity index (χ0v) is 10.6. The van der Waals surface area contributed by atoms with E-state index in [0.29, 0.717) is 5.56 Å². The smallest absolute Gasteiger partial charge is 0.337 e. The maximum absolute atomic E-state index is 10.8. The summed E-state index contributed by atoms with van der Waals surface area (Å²) in [6.45, 7) is 0. The predicted molar refractivity (Wildman–Crippen MR) is 74.0 cm³/mol. The third-order valence-corrected chi connectivity index (χ3v) is 2.56. The average Bonchev–Trinajstić information content (AvgIpc) is 2.96. The Hall–Kier alpha value is -2.55. The lowest BCUT2D eigenvalue weighted by Crippen LogP contribution is -1.99. The van der Waals surface area contributed by atoms with Gasteiger partial charge in [-0.1, -0.05) is 36.4 Å². The predicted octanol–water partition coefficient (Wildman–Crippen LogP) is 3.91. The number of hydrogen-bond donors (Lipinski definition) is 0. The molecule has 1 aromatic heterocycles. The second-order valence-corrected chi connectivity index (χ2v) is 3.82. The summed E-state index contributed by atoms with van der Waals surface area (Å²) in [4.78, 5) is 10.8. The summed E-state index contributed by atoms with van der Waals surface area (Å²) in [5.74, 6) is -0.291. The molecule has 0 fully saturated rings. The molecule has 0 atom stereocenters. The minimum absolute atomic E-state index is 0.291. The molecule has 96 valence electrons. The number of esters is 1. The van der Waals surface area contributed by atoms with Crippen LogP contribution in [0.25, 0.3) is 11.0 Å². The monoisotopic (exact) mass is 254 g/mol. The van der Waals surface area contributed by atoms with Gasteiger partial charge in [0.1, 0.15) is 5.58 Å². The van der Waals surface area contributed by atoms with Gasteiger partial charge in [0.25, 0.3) is 0 Å². The van der Waals surface area contributed by atoms with Gasteiger partial charge in [-0.2, -0.15) is 0 Å². The van der Waals surface area contributed by atoms with Crippen molar-refractivity contribution in [2.75, 3.05) is 7.11 Å². The van der Waals surface area contributed by atoms with E-state index in [2.05, 4.69) is 4.74 Å². The standard InChI is InChI=1S/C8H8O2.C8H6O/c1-10-8(9)7-5-3-2-4-6-7;1-2-4-8-7(3-1)5-6-9-8/h2-6H,1H3;1-6H. The highest BCUT2D eigenvalue weighted by atomic mass is 16.5. The number of hydrogen-bond acceptors (Lipinski definition) is 3. The molecule has 3 nitrogen and oxygen atoms in total. The van der Waals surface area contributed by atoms with Crippen molar-refractivity contribution in [3.63, 3.8) is 0 Å². The quantitative estimate of drug-likeness (QED) is 0.618. The van der Waals surface area contributed by atoms with E-state index in [4.69, 9.17) is 4.42 Å². The van der Waals surface area contributed by atoms with Crippen molar-refractivity contribution >= 4 is 16.9 Å². The number of fused-ring (bicyclic) bond motifs is 1. The van der Waals surface area contributed by atoms with Crippen molar-refractivity contribution in [1.82, 2.24) is 0 Å². The van der Waals surface area contributed by atoms with E-state index in [1.807, 2.05) is 36.4 Å². The van der Waals surface area contributed by atoms with Crippen LogP contribution in [0.15, 0.2) is 71.3 Å². The third kappa shape index (κ3) is 3.45. The first-order valence-electron chi connectivity index (χ1n) is 5.87. The Kier molecular flexibility index (Phi) is 4.34. The Morgan fingerprint density at radius 2 is 1.63 bits per heavy atom. The van der Waals surface area contributed by atoms with Crippen molar-refractivity contribution in [1.29, 1.82) is 0 Å². The van der Waals surface area contributed by atoms with Crippen molar-refractivity contribution < 1.29 is 13.9 Å². The molecule has 1 heterocycles. The molecular weight excluding hydrogens is 240 g/mol. The third-order valence-electron chi connectivity index (χ3n) is 2.56. The Morgan fingerprint density at radius 3 is 2.32 bits per heavy atom. The highest BCUT2D eigenvalue weighted by Gasteiger charge is 2.00. The Bertz CT molecular complexity index is 611. The highest BCUT2D eigenvalue weighted by molar-refractivity contribution is 5.89. The normalized spacial score (nSPS) is 9.53. The number of rotatable bonds is 1. The number of methoxy groups -OCH3 is 1. The van der Waals surface area contributed by atoms with Gasteiger partial charge in [0.2, 0.25) is 0 Å². The van der Waals surface area contributed by atoms with Crippen LogP contribution in [-0.4, -0.2) is 13.1 Å². The average molecular weight is 254 g/mol. The molecule has 0 radical (unpaired) electrons. The molecular formula is C16H14O3. The molecule has 3 aromatic rings. The lowest BCUT2D eigenvalue weighted by atomic mass is 10.2. The molecule has 0 aliphatic rings. The maximum Gasteiger partial charge on any atom is 0.337 e. The molecule has 3 heteroatoms. The van der Waals surface area contributed by atoms with E-state index < -0.39 is 0 Å². The van der Waals surface area contributed by atoms with Crippen LogP contribution in [0.2, 0.25) is 0 Å². The molecule has 0 unspecified atom stereocenters. The molecule has 3 rings (SSSR count).